The number of hydrogen-bond donors (Lipinski definition) is 0. The van der Waals surface area contributed by atoms with Crippen LogP contribution in [0.4, 0.5) is 13.2 Å². The van der Waals surface area contributed by atoms with Crippen molar-refractivity contribution in [3.8, 4) is 5.75 Å². The van der Waals surface area contributed by atoms with Crippen molar-refractivity contribution in [1.82, 2.24) is 0 Å². The van der Waals surface area contributed by atoms with Crippen LogP contribution < -0.4 is 4.74 Å². The van der Waals surface area contributed by atoms with Crippen molar-refractivity contribution in [1.29, 1.82) is 0 Å². The molecule has 1 heterocycles. The molecule has 2 rings (SSSR count). The van der Waals surface area contributed by atoms with Gasteiger partial charge in [0, 0.05) is 0 Å². The molecular formula is C13H14BrF3O3. The molecule has 1 aromatic rings. The molecule has 1 aliphatic rings. The zero-order valence-electron chi connectivity index (χ0n) is 11.0. The van der Waals surface area contributed by atoms with Gasteiger partial charge >= 0.3 is 6.18 Å². The van der Waals surface area contributed by atoms with Crippen molar-refractivity contribution in [2.45, 2.75) is 31.9 Å². The Balaban J connectivity index is 2.04. The summed E-state index contributed by atoms with van der Waals surface area (Å²) in [6.07, 6.45) is -4.72. The molecule has 7 heteroatoms. The molecule has 1 aromatic carbocycles. The molecule has 3 nitrogen and oxygen atoms in total. The van der Waals surface area contributed by atoms with E-state index < -0.39 is 17.5 Å². The van der Waals surface area contributed by atoms with Crippen molar-refractivity contribution in [3.63, 3.8) is 0 Å². The number of rotatable bonds is 3. The quantitative estimate of drug-likeness (QED) is 0.821. The zero-order chi connectivity index (χ0) is 15.0. The van der Waals surface area contributed by atoms with E-state index in [1.54, 1.807) is 13.8 Å². The predicted octanol–water partition coefficient (Wildman–Crippen LogP) is 4.00. The molecule has 0 bridgehead atoms. The second-order valence-electron chi connectivity index (χ2n) is 4.88. The Hall–Kier alpha value is -0.790. The molecule has 0 amide bonds. The van der Waals surface area contributed by atoms with Crippen LogP contribution in [-0.4, -0.2) is 25.1 Å². The minimum atomic E-state index is -4.42. The van der Waals surface area contributed by atoms with E-state index in [4.69, 9.17) is 14.2 Å². The van der Waals surface area contributed by atoms with E-state index in [1.165, 1.54) is 12.1 Å². The Morgan fingerprint density at radius 2 is 2.10 bits per heavy atom. The molecule has 112 valence electrons. The molecular weight excluding hydrogens is 341 g/mol. The van der Waals surface area contributed by atoms with Gasteiger partial charge in [-0.25, -0.2) is 0 Å². The Kier molecular flexibility index (Phi) is 4.32. The fraction of sp³-hybridized carbons (Fsp3) is 0.538. The number of hydrogen-bond acceptors (Lipinski definition) is 3. The largest absolute Gasteiger partial charge is 0.490 e. The Bertz CT molecular complexity index is 488. The fourth-order valence-corrected chi connectivity index (χ4v) is 2.47. The molecule has 0 aromatic heterocycles. The SMILES string of the molecule is CC1(C)OCC(COc2cccc(C(F)(F)F)c2Br)O1. The van der Waals surface area contributed by atoms with Gasteiger partial charge in [0.2, 0.25) is 0 Å². The highest BCUT2D eigenvalue weighted by molar-refractivity contribution is 9.10. The second kappa shape index (κ2) is 5.54. The zero-order valence-corrected chi connectivity index (χ0v) is 12.5. The third-order valence-electron chi connectivity index (χ3n) is 2.76. The molecule has 0 radical (unpaired) electrons. The lowest BCUT2D eigenvalue weighted by Crippen LogP contribution is -2.25. The summed E-state index contributed by atoms with van der Waals surface area (Å²) in [4.78, 5) is 0. The summed E-state index contributed by atoms with van der Waals surface area (Å²) in [5.41, 5.74) is -0.765. The topological polar surface area (TPSA) is 27.7 Å². The predicted molar refractivity (Wildman–Crippen MR) is 69.5 cm³/mol. The summed E-state index contributed by atoms with van der Waals surface area (Å²) in [7, 11) is 0. The number of benzene rings is 1. The van der Waals surface area contributed by atoms with E-state index >= 15 is 0 Å². The van der Waals surface area contributed by atoms with Gasteiger partial charge in [-0.05, 0) is 41.9 Å². The van der Waals surface area contributed by atoms with E-state index in [9.17, 15) is 13.2 Å². The van der Waals surface area contributed by atoms with Gasteiger partial charge in [-0.1, -0.05) is 6.07 Å². The third-order valence-corrected chi connectivity index (χ3v) is 3.58. The van der Waals surface area contributed by atoms with Crippen LogP contribution in [0.3, 0.4) is 0 Å². The lowest BCUT2D eigenvalue weighted by molar-refractivity contribution is -0.141. The Morgan fingerprint density at radius 1 is 1.40 bits per heavy atom. The molecule has 0 N–H and O–H groups in total. The van der Waals surface area contributed by atoms with E-state index in [1.807, 2.05) is 0 Å². The van der Waals surface area contributed by atoms with Gasteiger partial charge in [0.25, 0.3) is 0 Å². The van der Waals surface area contributed by atoms with Gasteiger partial charge in [-0.15, -0.1) is 0 Å². The first-order valence-corrected chi connectivity index (χ1v) is 6.78. The van der Waals surface area contributed by atoms with Crippen molar-refractivity contribution in [2.24, 2.45) is 0 Å². The maximum atomic E-state index is 12.7. The monoisotopic (exact) mass is 354 g/mol. The average Bonchev–Trinajstić information content (AvgIpc) is 2.66. The maximum Gasteiger partial charge on any atom is 0.417 e. The minimum absolute atomic E-state index is 0.106. The van der Waals surface area contributed by atoms with E-state index in [0.717, 1.165) is 6.07 Å². The number of halogens is 4. The molecule has 1 saturated heterocycles. The maximum absolute atomic E-state index is 12.7. The molecule has 0 aliphatic carbocycles. The van der Waals surface area contributed by atoms with E-state index in [2.05, 4.69) is 15.9 Å². The molecule has 0 saturated carbocycles. The lowest BCUT2D eigenvalue weighted by Gasteiger charge is -2.18. The van der Waals surface area contributed by atoms with Crippen LogP contribution >= 0.6 is 15.9 Å². The first kappa shape index (κ1) is 15.6. The highest BCUT2D eigenvalue weighted by atomic mass is 79.9. The van der Waals surface area contributed by atoms with Crippen molar-refractivity contribution in [2.75, 3.05) is 13.2 Å². The lowest BCUT2D eigenvalue weighted by atomic mass is 10.2. The smallest absolute Gasteiger partial charge is 0.417 e. The Morgan fingerprint density at radius 3 is 2.65 bits per heavy atom. The van der Waals surface area contributed by atoms with Crippen LogP contribution in [0.1, 0.15) is 19.4 Å². The first-order valence-electron chi connectivity index (χ1n) is 5.99. The van der Waals surface area contributed by atoms with E-state index in [-0.39, 0.29) is 22.9 Å². The molecule has 1 aliphatic heterocycles. The average molecular weight is 355 g/mol. The standard InChI is InChI=1S/C13H14BrF3O3/c1-12(2)19-7-8(20-12)6-18-10-5-3-4-9(11(10)14)13(15,16)17/h3-5,8H,6-7H2,1-2H3. The summed E-state index contributed by atoms with van der Waals surface area (Å²) >= 11 is 2.93. The van der Waals surface area contributed by atoms with Gasteiger partial charge in [-0.2, -0.15) is 13.2 Å². The summed E-state index contributed by atoms with van der Waals surface area (Å²) in [6.45, 7) is 4.02. The van der Waals surface area contributed by atoms with Gasteiger partial charge in [-0.3, -0.25) is 0 Å². The number of ether oxygens (including phenoxy) is 3. The first-order chi connectivity index (χ1) is 9.19. The van der Waals surface area contributed by atoms with Crippen LogP contribution in [0, 0.1) is 0 Å². The fourth-order valence-electron chi connectivity index (χ4n) is 1.87. The van der Waals surface area contributed by atoms with Crippen LogP contribution in [0.15, 0.2) is 22.7 Å². The summed E-state index contributed by atoms with van der Waals surface area (Å²) in [5.74, 6) is -0.549. The summed E-state index contributed by atoms with van der Waals surface area (Å²) in [5, 5.41) is 0. The van der Waals surface area contributed by atoms with Crippen LogP contribution in [-0.2, 0) is 15.7 Å². The van der Waals surface area contributed by atoms with Gasteiger partial charge < -0.3 is 14.2 Å². The van der Waals surface area contributed by atoms with Crippen molar-refractivity contribution in [3.05, 3.63) is 28.2 Å². The van der Waals surface area contributed by atoms with Crippen LogP contribution in [0.2, 0.25) is 0 Å². The van der Waals surface area contributed by atoms with Crippen LogP contribution in [0.5, 0.6) is 5.75 Å². The molecule has 0 spiro atoms. The van der Waals surface area contributed by atoms with Gasteiger partial charge in [0.1, 0.15) is 18.5 Å². The second-order valence-corrected chi connectivity index (χ2v) is 5.67. The summed E-state index contributed by atoms with van der Waals surface area (Å²) in [6, 6.07) is 3.77. The molecule has 1 unspecified atom stereocenters. The number of alkyl halides is 3. The summed E-state index contributed by atoms with van der Waals surface area (Å²) < 4.78 is 54.4. The normalized spacial score (nSPS) is 22.0. The Labute approximate surface area is 123 Å². The van der Waals surface area contributed by atoms with Crippen molar-refractivity contribution >= 4 is 15.9 Å². The highest BCUT2D eigenvalue weighted by Gasteiger charge is 2.35. The van der Waals surface area contributed by atoms with E-state index in [0.29, 0.717) is 6.61 Å². The van der Waals surface area contributed by atoms with Gasteiger partial charge in [0.05, 0.1) is 16.6 Å². The van der Waals surface area contributed by atoms with Gasteiger partial charge in [0.15, 0.2) is 5.79 Å². The molecule has 1 fully saturated rings. The molecule has 20 heavy (non-hydrogen) atoms. The molecule has 1 atom stereocenters. The third kappa shape index (κ3) is 3.65. The minimum Gasteiger partial charge on any atom is -0.490 e. The van der Waals surface area contributed by atoms with Crippen molar-refractivity contribution < 1.29 is 27.4 Å². The van der Waals surface area contributed by atoms with Crippen LogP contribution in [0.25, 0.3) is 0 Å². The highest BCUT2D eigenvalue weighted by Crippen LogP contribution is 2.39.